The molecule has 1 aromatic rings. The zero-order chi connectivity index (χ0) is 18.9. The number of amides is 4. The number of halogens is 1. The highest BCUT2D eigenvalue weighted by Crippen LogP contribution is 2.42. The summed E-state index contributed by atoms with van der Waals surface area (Å²) in [6, 6.07) is 5.81. The number of esters is 1. The van der Waals surface area contributed by atoms with E-state index in [9.17, 15) is 19.2 Å². The van der Waals surface area contributed by atoms with Crippen LogP contribution in [-0.4, -0.2) is 47.4 Å². The first-order chi connectivity index (χ1) is 12.3. The maximum absolute atomic E-state index is 12.4. The third kappa shape index (κ3) is 3.80. The van der Waals surface area contributed by atoms with Gasteiger partial charge in [0.1, 0.15) is 12.1 Å². The number of nitrogens with one attached hydrogen (secondary N) is 2. The molecule has 138 valence electrons. The largest absolute Gasteiger partial charge is 0.454 e. The molecular weight excluding hydrogens is 362 g/mol. The van der Waals surface area contributed by atoms with Gasteiger partial charge in [0.25, 0.3) is 11.8 Å². The summed E-state index contributed by atoms with van der Waals surface area (Å²) in [5.41, 5.74) is -0.451. The average Bonchev–Trinajstić information content (AvgIpc) is 3.41. The van der Waals surface area contributed by atoms with Crippen LogP contribution in [0.2, 0.25) is 5.02 Å². The molecule has 0 aromatic heterocycles. The normalized spacial score (nSPS) is 22.2. The fraction of sp³-hybridized carbons (Fsp3) is 0.412. The van der Waals surface area contributed by atoms with Gasteiger partial charge in [0.05, 0.1) is 0 Å². The molecule has 8 nitrogen and oxygen atoms in total. The molecule has 1 aromatic carbocycles. The van der Waals surface area contributed by atoms with Crippen molar-refractivity contribution in [3.63, 3.8) is 0 Å². The summed E-state index contributed by atoms with van der Waals surface area (Å²) in [5, 5.41) is 5.71. The third-order valence-corrected chi connectivity index (χ3v) is 4.73. The second-order valence-electron chi connectivity index (χ2n) is 6.51. The molecule has 4 amide bonds. The molecule has 3 rings (SSSR count). The number of nitrogens with zero attached hydrogens (tertiary/aromatic N) is 1. The van der Waals surface area contributed by atoms with Gasteiger partial charge >= 0.3 is 12.0 Å². The second-order valence-corrected chi connectivity index (χ2v) is 6.95. The lowest BCUT2D eigenvalue weighted by atomic mass is 9.96. The maximum atomic E-state index is 12.4. The molecule has 1 saturated heterocycles. The first kappa shape index (κ1) is 18.2. The average molecular weight is 380 g/mol. The zero-order valence-electron chi connectivity index (χ0n) is 14.1. The number of urea groups is 1. The van der Waals surface area contributed by atoms with Crippen molar-refractivity contribution in [3.05, 3.63) is 29.3 Å². The van der Waals surface area contributed by atoms with Gasteiger partial charge in [-0.05, 0) is 49.9 Å². The van der Waals surface area contributed by atoms with Crippen LogP contribution in [0.1, 0.15) is 19.8 Å². The molecule has 1 saturated carbocycles. The zero-order valence-corrected chi connectivity index (χ0v) is 14.8. The number of carbonyl (C=O) groups is 4. The molecule has 2 N–H and O–H groups in total. The highest BCUT2D eigenvalue weighted by molar-refractivity contribution is 6.30. The van der Waals surface area contributed by atoms with Gasteiger partial charge in [0, 0.05) is 10.7 Å². The molecule has 2 fully saturated rings. The smallest absolute Gasteiger partial charge is 0.326 e. The predicted octanol–water partition coefficient (Wildman–Crippen LogP) is 1.54. The minimum Gasteiger partial charge on any atom is -0.454 e. The molecule has 1 aliphatic carbocycles. The predicted molar refractivity (Wildman–Crippen MR) is 92.4 cm³/mol. The van der Waals surface area contributed by atoms with E-state index >= 15 is 0 Å². The van der Waals surface area contributed by atoms with E-state index in [0.717, 1.165) is 17.7 Å². The van der Waals surface area contributed by atoms with E-state index in [4.69, 9.17) is 16.3 Å². The molecule has 1 atom stereocenters. The summed E-state index contributed by atoms with van der Waals surface area (Å²) in [6.45, 7) is 0.613. The van der Waals surface area contributed by atoms with Crippen molar-refractivity contribution in [3.8, 4) is 0 Å². The monoisotopic (exact) mass is 379 g/mol. The van der Waals surface area contributed by atoms with Crippen LogP contribution in [0.5, 0.6) is 0 Å². The van der Waals surface area contributed by atoms with Crippen LogP contribution in [0.15, 0.2) is 24.3 Å². The third-order valence-electron chi connectivity index (χ3n) is 4.47. The van der Waals surface area contributed by atoms with Gasteiger partial charge in [0.15, 0.2) is 6.61 Å². The number of benzene rings is 1. The summed E-state index contributed by atoms with van der Waals surface area (Å²) < 4.78 is 4.85. The number of ether oxygens (including phenoxy) is 1. The number of rotatable bonds is 6. The Kier molecular flexibility index (Phi) is 4.86. The lowest BCUT2D eigenvalue weighted by Crippen LogP contribution is -2.46. The minimum atomic E-state index is -0.955. The van der Waals surface area contributed by atoms with Crippen LogP contribution >= 0.6 is 11.6 Å². The summed E-state index contributed by atoms with van der Waals surface area (Å²) in [6.07, 6.45) is 1.73. The standard InChI is InChI=1S/C17H18ClN3O5/c1-17(10-2-3-10)15(24)21(16(25)20-17)8-14(23)26-9-13(22)19-12-6-4-11(18)5-7-12/h4-7,10H,2-3,8-9H2,1H3,(H,19,22)(H,20,25)/t17-/m0/s1. The molecular formula is C17H18ClN3O5. The van der Waals surface area contributed by atoms with Gasteiger partial charge in [-0.1, -0.05) is 11.6 Å². The van der Waals surface area contributed by atoms with E-state index in [2.05, 4.69) is 10.6 Å². The molecule has 26 heavy (non-hydrogen) atoms. The molecule has 1 heterocycles. The van der Waals surface area contributed by atoms with Crippen LogP contribution in [0.25, 0.3) is 0 Å². The summed E-state index contributed by atoms with van der Waals surface area (Å²) in [5.74, 6) is -1.71. The lowest BCUT2D eigenvalue weighted by molar-refractivity contribution is -0.150. The fourth-order valence-electron chi connectivity index (χ4n) is 2.85. The van der Waals surface area contributed by atoms with E-state index in [1.54, 1.807) is 31.2 Å². The number of hydrogen-bond acceptors (Lipinski definition) is 5. The molecule has 0 bridgehead atoms. The van der Waals surface area contributed by atoms with Crippen LogP contribution in [-0.2, 0) is 19.1 Å². The Hall–Kier alpha value is -2.61. The van der Waals surface area contributed by atoms with Crippen molar-refractivity contribution in [2.45, 2.75) is 25.3 Å². The quantitative estimate of drug-likeness (QED) is 0.576. The Morgan fingerprint density at radius 3 is 2.58 bits per heavy atom. The lowest BCUT2D eigenvalue weighted by Gasteiger charge is -2.20. The van der Waals surface area contributed by atoms with Crippen molar-refractivity contribution in [2.24, 2.45) is 5.92 Å². The Labute approximate surface area is 154 Å². The van der Waals surface area contributed by atoms with E-state index in [0.29, 0.717) is 10.7 Å². The Balaban J connectivity index is 1.48. The van der Waals surface area contributed by atoms with Crippen LogP contribution < -0.4 is 10.6 Å². The Bertz CT molecular complexity index is 762. The van der Waals surface area contributed by atoms with Crippen molar-refractivity contribution in [1.82, 2.24) is 10.2 Å². The van der Waals surface area contributed by atoms with Crippen molar-refractivity contribution < 1.29 is 23.9 Å². The minimum absolute atomic E-state index is 0.102. The molecule has 9 heteroatoms. The van der Waals surface area contributed by atoms with Gasteiger partial charge in [-0.3, -0.25) is 19.3 Å². The topological polar surface area (TPSA) is 105 Å². The molecule has 0 unspecified atom stereocenters. The summed E-state index contributed by atoms with van der Waals surface area (Å²) >= 11 is 5.75. The van der Waals surface area contributed by atoms with Crippen molar-refractivity contribution in [1.29, 1.82) is 0 Å². The Morgan fingerprint density at radius 1 is 1.31 bits per heavy atom. The highest BCUT2D eigenvalue weighted by Gasteiger charge is 2.56. The SMILES string of the molecule is C[C@@]1(C2CC2)NC(=O)N(CC(=O)OCC(=O)Nc2ccc(Cl)cc2)C1=O. The highest BCUT2D eigenvalue weighted by atomic mass is 35.5. The van der Waals surface area contributed by atoms with Crippen LogP contribution in [0.4, 0.5) is 10.5 Å². The van der Waals surface area contributed by atoms with E-state index in [-0.39, 0.29) is 5.92 Å². The van der Waals surface area contributed by atoms with Gasteiger partial charge in [-0.25, -0.2) is 4.79 Å². The van der Waals surface area contributed by atoms with Crippen LogP contribution in [0, 0.1) is 5.92 Å². The summed E-state index contributed by atoms with van der Waals surface area (Å²) in [7, 11) is 0. The number of carbonyl (C=O) groups excluding carboxylic acids is 4. The first-order valence-electron chi connectivity index (χ1n) is 8.15. The van der Waals surface area contributed by atoms with Gasteiger partial charge in [-0.15, -0.1) is 0 Å². The first-order valence-corrected chi connectivity index (χ1v) is 8.52. The molecule has 0 radical (unpaired) electrons. The number of anilines is 1. The number of hydrogen-bond donors (Lipinski definition) is 2. The van der Waals surface area contributed by atoms with Gasteiger partial charge < -0.3 is 15.4 Å². The Morgan fingerprint density at radius 2 is 1.96 bits per heavy atom. The number of imide groups is 1. The molecule has 2 aliphatic rings. The van der Waals surface area contributed by atoms with E-state index < -0.39 is 42.5 Å². The van der Waals surface area contributed by atoms with E-state index in [1.807, 2.05) is 0 Å². The van der Waals surface area contributed by atoms with Crippen molar-refractivity contribution >= 4 is 41.1 Å². The fourth-order valence-corrected chi connectivity index (χ4v) is 2.97. The van der Waals surface area contributed by atoms with Crippen LogP contribution in [0.3, 0.4) is 0 Å². The van der Waals surface area contributed by atoms with Crippen molar-refractivity contribution in [2.75, 3.05) is 18.5 Å². The molecule has 0 spiro atoms. The van der Waals surface area contributed by atoms with Gasteiger partial charge in [-0.2, -0.15) is 0 Å². The van der Waals surface area contributed by atoms with Gasteiger partial charge in [0.2, 0.25) is 0 Å². The molecule has 1 aliphatic heterocycles. The second kappa shape index (κ2) is 6.95. The maximum Gasteiger partial charge on any atom is 0.326 e. The van der Waals surface area contributed by atoms with E-state index in [1.165, 1.54) is 0 Å². The summed E-state index contributed by atoms with van der Waals surface area (Å²) in [4.78, 5) is 48.9.